The topological polar surface area (TPSA) is 76.7 Å². The average molecular weight is 420 g/mol. The summed E-state index contributed by atoms with van der Waals surface area (Å²) in [6.07, 6.45) is -0.0832. The Morgan fingerprint density at radius 3 is 2.48 bits per heavy atom. The molecule has 0 radical (unpaired) electrons. The monoisotopic (exact) mass is 419 g/mol. The number of nitrogens with one attached hydrogen (secondary N) is 1. The number of amides is 1. The first kappa shape index (κ1) is 19.6. The minimum Gasteiger partial charge on any atom is -0.487 e. The van der Waals surface area contributed by atoms with E-state index in [2.05, 4.69) is 10.3 Å². The Balaban J connectivity index is 1.89. The Hall–Kier alpha value is -2.67. The summed E-state index contributed by atoms with van der Waals surface area (Å²) < 4.78 is 32.7. The largest absolute Gasteiger partial charge is 0.487 e. The van der Waals surface area contributed by atoms with Crippen LogP contribution in [-0.4, -0.2) is 30.8 Å². The van der Waals surface area contributed by atoms with Crippen LogP contribution in [0.15, 0.2) is 47.5 Å². The summed E-state index contributed by atoms with van der Waals surface area (Å²) >= 11 is 6.11. The van der Waals surface area contributed by atoms with Gasteiger partial charge >= 0.3 is 0 Å². The Kier molecular flexibility index (Phi) is 4.94. The predicted molar refractivity (Wildman–Crippen MR) is 107 cm³/mol. The van der Waals surface area contributed by atoms with Crippen molar-refractivity contribution in [2.75, 3.05) is 13.3 Å². The van der Waals surface area contributed by atoms with E-state index in [1.54, 1.807) is 18.2 Å². The standard InChI is InChI=1S/C21H20ClF2N3O2/c22-15-3-1-2-13(10-15)14-4-5-17-16(11-14)21(18(28)26-19(25)27-21)12-20(29-17,6-8-23)7-9-24/h1-5,10-11H,6-9,12H2,(H3,25,26,27,28). The van der Waals surface area contributed by atoms with Gasteiger partial charge in [0.2, 0.25) is 0 Å². The molecule has 0 fully saturated rings. The van der Waals surface area contributed by atoms with Gasteiger partial charge in [0.25, 0.3) is 5.91 Å². The molecule has 0 saturated heterocycles. The van der Waals surface area contributed by atoms with E-state index in [1.807, 2.05) is 24.3 Å². The van der Waals surface area contributed by atoms with Crippen LogP contribution in [0.2, 0.25) is 5.02 Å². The smallest absolute Gasteiger partial charge is 0.259 e. The third kappa shape index (κ3) is 3.33. The van der Waals surface area contributed by atoms with Crippen LogP contribution >= 0.6 is 11.6 Å². The Bertz CT molecular complexity index is 992. The van der Waals surface area contributed by atoms with E-state index in [0.717, 1.165) is 11.1 Å². The molecule has 4 rings (SSSR count). The molecule has 3 N–H and O–H groups in total. The number of hydrogen-bond donors (Lipinski definition) is 2. The third-order valence-corrected chi connectivity index (χ3v) is 5.75. The van der Waals surface area contributed by atoms with Crippen molar-refractivity contribution in [1.82, 2.24) is 5.32 Å². The lowest BCUT2D eigenvalue weighted by atomic mass is 9.73. The number of benzene rings is 2. The number of nitrogens with two attached hydrogens (primary N) is 1. The highest BCUT2D eigenvalue weighted by Crippen LogP contribution is 2.50. The zero-order valence-corrected chi connectivity index (χ0v) is 16.3. The van der Waals surface area contributed by atoms with E-state index in [1.165, 1.54) is 0 Å². The molecule has 2 aromatic rings. The molecule has 1 amide bonds. The number of guanidine groups is 1. The van der Waals surface area contributed by atoms with E-state index < -0.39 is 30.4 Å². The first-order valence-electron chi connectivity index (χ1n) is 9.30. The van der Waals surface area contributed by atoms with Crippen molar-refractivity contribution in [1.29, 1.82) is 0 Å². The maximum absolute atomic E-state index is 13.3. The Morgan fingerprint density at radius 2 is 1.86 bits per heavy atom. The fourth-order valence-corrected chi connectivity index (χ4v) is 4.37. The highest BCUT2D eigenvalue weighted by atomic mass is 35.5. The van der Waals surface area contributed by atoms with Gasteiger partial charge in [0.1, 0.15) is 11.4 Å². The van der Waals surface area contributed by atoms with Crippen molar-refractivity contribution in [2.45, 2.75) is 30.4 Å². The van der Waals surface area contributed by atoms with Gasteiger partial charge in [-0.1, -0.05) is 29.8 Å². The van der Waals surface area contributed by atoms with Crippen LogP contribution in [0.3, 0.4) is 0 Å². The van der Waals surface area contributed by atoms with Gasteiger partial charge in [-0.2, -0.15) is 0 Å². The molecule has 1 atom stereocenters. The normalized spacial score (nSPS) is 22.0. The first-order chi connectivity index (χ1) is 13.9. The van der Waals surface area contributed by atoms with Gasteiger partial charge in [-0.05, 0) is 35.4 Å². The van der Waals surface area contributed by atoms with Crippen molar-refractivity contribution in [2.24, 2.45) is 10.7 Å². The summed E-state index contributed by atoms with van der Waals surface area (Å²) in [5.41, 5.74) is 5.41. The Labute approximate surface area is 171 Å². The lowest BCUT2D eigenvalue weighted by Gasteiger charge is -2.44. The van der Waals surface area contributed by atoms with Crippen LogP contribution in [-0.2, 0) is 10.3 Å². The summed E-state index contributed by atoms with van der Waals surface area (Å²) in [6, 6.07) is 12.6. The van der Waals surface area contributed by atoms with Crippen molar-refractivity contribution >= 4 is 23.5 Å². The minimum absolute atomic E-state index is 0.00632. The zero-order chi connectivity index (χ0) is 20.6. The van der Waals surface area contributed by atoms with Crippen LogP contribution in [0.25, 0.3) is 11.1 Å². The van der Waals surface area contributed by atoms with Crippen molar-refractivity contribution < 1.29 is 18.3 Å². The molecule has 0 saturated carbocycles. The molecule has 29 heavy (non-hydrogen) atoms. The number of halogens is 3. The molecule has 2 aliphatic rings. The van der Waals surface area contributed by atoms with Crippen LogP contribution in [0.1, 0.15) is 24.8 Å². The SMILES string of the molecule is NC1=NC2(CC(CCF)(CCF)Oc3ccc(-c4cccc(Cl)c4)cc32)C(=O)N1. The number of carbonyl (C=O) groups is 1. The number of carbonyl (C=O) groups excluding carboxylic acids is 1. The molecule has 8 heteroatoms. The van der Waals surface area contributed by atoms with E-state index >= 15 is 0 Å². The Morgan fingerprint density at radius 1 is 1.14 bits per heavy atom. The summed E-state index contributed by atoms with van der Waals surface area (Å²) in [5.74, 6) is -0.0761. The maximum Gasteiger partial charge on any atom is 0.259 e. The number of alkyl halides is 2. The van der Waals surface area contributed by atoms with Gasteiger partial charge in [-0.15, -0.1) is 0 Å². The van der Waals surface area contributed by atoms with E-state index in [4.69, 9.17) is 22.1 Å². The van der Waals surface area contributed by atoms with Crippen LogP contribution < -0.4 is 15.8 Å². The third-order valence-electron chi connectivity index (χ3n) is 5.52. The van der Waals surface area contributed by atoms with Crippen LogP contribution in [0.4, 0.5) is 8.78 Å². The molecule has 0 bridgehead atoms. The van der Waals surface area contributed by atoms with E-state index in [-0.39, 0.29) is 25.2 Å². The quantitative estimate of drug-likeness (QED) is 0.772. The average Bonchev–Trinajstić information content (AvgIpc) is 2.95. The fourth-order valence-electron chi connectivity index (χ4n) is 4.18. The van der Waals surface area contributed by atoms with Gasteiger partial charge < -0.3 is 10.5 Å². The van der Waals surface area contributed by atoms with Crippen LogP contribution in [0, 0.1) is 0 Å². The number of nitrogens with zero attached hydrogens (tertiary/aromatic N) is 1. The zero-order valence-electron chi connectivity index (χ0n) is 15.6. The molecule has 2 heterocycles. The van der Waals surface area contributed by atoms with E-state index in [0.29, 0.717) is 16.3 Å². The van der Waals surface area contributed by atoms with Gasteiger partial charge in [-0.25, -0.2) is 4.99 Å². The molecule has 2 aliphatic heterocycles. The van der Waals surface area contributed by atoms with Gasteiger partial charge in [0, 0.05) is 29.8 Å². The number of ether oxygens (including phenoxy) is 1. The highest BCUT2D eigenvalue weighted by molar-refractivity contribution is 6.30. The second-order valence-corrected chi connectivity index (χ2v) is 7.81. The molecular weight excluding hydrogens is 400 g/mol. The van der Waals surface area contributed by atoms with Gasteiger partial charge in [0.05, 0.1) is 13.3 Å². The highest BCUT2D eigenvalue weighted by Gasteiger charge is 2.56. The molecular formula is C21H20ClF2N3O2. The summed E-state index contributed by atoms with van der Waals surface area (Å²) in [7, 11) is 0. The molecule has 5 nitrogen and oxygen atoms in total. The number of rotatable bonds is 5. The van der Waals surface area contributed by atoms with Crippen molar-refractivity contribution in [3.63, 3.8) is 0 Å². The van der Waals surface area contributed by atoms with Gasteiger partial charge in [-0.3, -0.25) is 18.9 Å². The summed E-state index contributed by atoms with van der Waals surface area (Å²) in [5, 5.41) is 3.11. The minimum atomic E-state index is -1.39. The fraction of sp³-hybridized carbons (Fsp3) is 0.333. The lowest BCUT2D eigenvalue weighted by Crippen LogP contribution is -2.52. The first-order valence-corrected chi connectivity index (χ1v) is 9.67. The maximum atomic E-state index is 13.3. The second kappa shape index (κ2) is 7.30. The number of fused-ring (bicyclic) bond motifs is 2. The molecule has 0 aliphatic carbocycles. The molecule has 0 aromatic heterocycles. The molecule has 1 unspecified atom stereocenters. The van der Waals surface area contributed by atoms with E-state index in [9.17, 15) is 13.6 Å². The summed E-state index contributed by atoms with van der Waals surface area (Å²) in [6.45, 7) is -1.40. The number of hydrogen-bond acceptors (Lipinski definition) is 4. The number of aliphatic imine (C=N–C) groups is 1. The predicted octanol–water partition coefficient (Wildman–Crippen LogP) is 3.89. The van der Waals surface area contributed by atoms with Crippen molar-refractivity contribution in [3.8, 4) is 16.9 Å². The van der Waals surface area contributed by atoms with Crippen molar-refractivity contribution in [3.05, 3.63) is 53.1 Å². The molecule has 2 aromatic carbocycles. The summed E-state index contributed by atoms with van der Waals surface area (Å²) in [4.78, 5) is 17.3. The molecule has 152 valence electrons. The lowest BCUT2D eigenvalue weighted by molar-refractivity contribution is -0.128. The second-order valence-electron chi connectivity index (χ2n) is 7.37. The molecule has 1 spiro atoms. The van der Waals surface area contributed by atoms with Gasteiger partial charge in [0.15, 0.2) is 11.5 Å². The van der Waals surface area contributed by atoms with Crippen LogP contribution in [0.5, 0.6) is 5.75 Å².